The minimum atomic E-state index is -0.515. The molecule has 2 rings (SSSR count). The predicted octanol–water partition coefficient (Wildman–Crippen LogP) is -0.0973. The molecular formula is C9H11N4O4+. The van der Waals surface area contributed by atoms with Gasteiger partial charge >= 0.3 is 5.03 Å². The van der Waals surface area contributed by atoms with E-state index in [0.29, 0.717) is 11.5 Å². The zero-order chi connectivity index (χ0) is 12.3. The summed E-state index contributed by atoms with van der Waals surface area (Å²) in [5.74, 6) is 1.15. The lowest BCUT2D eigenvalue weighted by Crippen LogP contribution is -2.37. The third kappa shape index (κ3) is 2.74. The summed E-state index contributed by atoms with van der Waals surface area (Å²) in [6, 6.07) is 5.34. The van der Waals surface area contributed by atoms with Crippen LogP contribution < -0.4 is 20.6 Å². The Hall–Kier alpha value is -2.51. The van der Waals surface area contributed by atoms with Gasteiger partial charge in [-0.3, -0.25) is 0 Å². The molecule has 90 valence electrons. The summed E-state index contributed by atoms with van der Waals surface area (Å²) in [5, 5.41) is 7.80. The Morgan fingerprint density at radius 1 is 1.53 bits per heavy atom. The first-order valence-corrected chi connectivity index (χ1v) is 4.76. The summed E-state index contributed by atoms with van der Waals surface area (Å²) in [6.07, 6.45) is 0. The maximum atomic E-state index is 10.2. The molecule has 0 radical (unpaired) electrons. The fourth-order valence-corrected chi connectivity index (χ4v) is 1.35. The maximum Gasteiger partial charge on any atom is 0.362 e. The third-order valence-corrected chi connectivity index (χ3v) is 2.08. The first kappa shape index (κ1) is 11.0. The van der Waals surface area contributed by atoms with Crippen LogP contribution in [0.3, 0.4) is 0 Å². The molecule has 1 heterocycles. The molecule has 0 unspecified atom stereocenters. The Bertz CT molecular complexity index is 474. The zero-order valence-electron chi connectivity index (χ0n) is 8.79. The van der Waals surface area contributed by atoms with Crippen LogP contribution in [0.15, 0.2) is 23.2 Å². The fraction of sp³-hybridized carbons (Fsp3) is 0.222. The van der Waals surface area contributed by atoms with Gasteiger partial charge in [0.25, 0.3) is 5.96 Å². The van der Waals surface area contributed by atoms with E-state index in [1.54, 1.807) is 18.2 Å². The van der Waals surface area contributed by atoms with Gasteiger partial charge in [-0.15, -0.1) is 0 Å². The summed E-state index contributed by atoms with van der Waals surface area (Å²) in [6.45, 7) is 0.463. The van der Waals surface area contributed by atoms with Gasteiger partial charge in [0, 0.05) is 0 Å². The number of rotatable bonds is 3. The highest BCUT2D eigenvalue weighted by atomic mass is 16.7. The number of ether oxygens (including phenoxy) is 2. The van der Waals surface area contributed by atoms with Crippen molar-refractivity contribution in [1.82, 2.24) is 5.43 Å². The molecule has 0 bridgehead atoms. The van der Waals surface area contributed by atoms with Crippen LogP contribution in [-0.4, -0.2) is 23.0 Å². The van der Waals surface area contributed by atoms with Crippen molar-refractivity contribution < 1.29 is 19.7 Å². The third-order valence-electron chi connectivity index (χ3n) is 2.08. The number of nitrogens with one attached hydrogen (secondary N) is 1. The van der Waals surface area contributed by atoms with Crippen molar-refractivity contribution in [2.45, 2.75) is 6.54 Å². The van der Waals surface area contributed by atoms with Crippen LogP contribution in [0.2, 0.25) is 0 Å². The number of benzene rings is 1. The minimum Gasteiger partial charge on any atom is -0.454 e. The standard InChI is InChI=1S/C9H11N4O4/c10-9(12-13(14)15)11-4-6-1-2-7-8(3-6)17-5-16-7/h1-3H,4-5H2,(H,14,15)(H3,10,11,12)/q+1. The van der Waals surface area contributed by atoms with E-state index in [0.717, 1.165) is 5.56 Å². The lowest BCUT2D eigenvalue weighted by molar-refractivity contribution is -0.822. The molecule has 17 heavy (non-hydrogen) atoms. The highest BCUT2D eigenvalue weighted by Crippen LogP contribution is 2.32. The summed E-state index contributed by atoms with van der Waals surface area (Å²) >= 11 is 0. The van der Waals surface area contributed by atoms with Crippen molar-refractivity contribution in [3.8, 4) is 11.5 Å². The largest absolute Gasteiger partial charge is 0.454 e. The van der Waals surface area contributed by atoms with Crippen molar-refractivity contribution in [1.29, 1.82) is 0 Å². The molecule has 0 amide bonds. The number of hydrazine groups is 1. The van der Waals surface area contributed by atoms with Gasteiger partial charge in [-0.05, 0) is 23.1 Å². The van der Waals surface area contributed by atoms with Crippen molar-refractivity contribution in [2.75, 3.05) is 6.79 Å². The molecule has 1 aromatic carbocycles. The van der Waals surface area contributed by atoms with E-state index >= 15 is 0 Å². The molecule has 0 saturated heterocycles. The average Bonchev–Trinajstić information content (AvgIpc) is 2.72. The first-order valence-electron chi connectivity index (χ1n) is 4.76. The van der Waals surface area contributed by atoms with Crippen LogP contribution in [0.4, 0.5) is 0 Å². The van der Waals surface area contributed by atoms with Gasteiger partial charge in [-0.1, -0.05) is 6.07 Å². The molecule has 0 fully saturated rings. The summed E-state index contributed by atoms with van der Waals surface area (Å²) < 4.78 is 10.4. The Morgan fingerprint density at radius 2 is 2.29 bits per heavy atom. The molecule has 0 spiro atoms. The van der Waals surface area contributed by atoms with Crippen LogP contribution in [0.25, 0.3) is 0 Å². The molecule has 0 aliphatic carbocycles. The van der Waals surface area contributed by atoms with Gasteiger partial charge in [-0.2, -0.15) is 0 Å². The van der Waals surface area contributed by atoms with Gasteiger partial charge in [0.1, 0.15) is 4.91 Å². The fourth-order valence-electron chi connectivity index (χ4n) is 1.35. The quantitative estimate of drug-likeness (QED) is 0.386. The van der Waals surface area contributed by atoms with Gasteiger partial charge in [0.05, 0.1) is 6.54 Å². The highest BCUT2D eigenvalue weighted by Gasteiger charge is 2.13. The first-order chi connectivity index (χ1) is 8.15. The van der Waals surface area contributed by atoms with Crippen LogP contribution in [0.1, 0.15) is 5.56 Å². The van der Waals surface area contributed by atoms with Gasteiger partial charge < -0.3 is 15.2 Å². The average molecular weight is 239 g/mol. The second-order valence-electron chi connectivity index (χ2n) is 3.27. The predicted molar refractivity (Wildman–Crippen MR) is 56.4 cm³/mol. The number of guanidine groups is 1. The van der Waals surface area contributed by atoms with Crippen LogP contribution >= 0.6 is 0 Å². The Morgan fingerprint density at radius 3 is 3.06 bits per heavy atom. The topological polar surface area (TPSA) is 109 Å². The zero-order valence-corrected chi connectivity index (χ0v) is 8.79. The second-order valence-corrected chi connectivity index (χ2v) is 3.27. The van der Waals surface area contributed by atoms with Crippen molar-refractivity contribution in [3.63, 3.8) is 0 Å². The normalized spacial score (nSPS) is 13.5. The molecule has 8 nitrogen and oxygen atoms in total. The molecule has 1 aliphatic heterocycles. The molecule has 0 aromatic heterocycles. The lowest BCUT2D eigenvalue weighted by Gasteiger charge is -1.99. The van der Waals surface area contributed by atoms with Crippen LogP contribution in [-0.2, 0) is 6.54 Å². The molecular weight excluding hydrogens is 228 g/mol. The lowest BCUT2D eigenvalue weighted by atomic mass is 10.2. The summed E-state index contributed by atoms with van der Waals surface area (Å²) in [7, 11) is 0. The molecule has 0 saturated carbocycles. The van der Waals surface area contributed by atoms with Gasteiger partial charge in [0.2, 0.25) is 6.79 Å². The number of fused-ring (bicyclic) bond motifs is 1. The van der Waals surface area contributed by atoms with Crippen molar-refractivity contribution >= 4 is 5.96 Å². The number of nitrogens with zero attached hydrogens (tertiary/aromatic N) is 2. The number of hydrogen-bond acceptors (Lipinski definition) is 4. The van der Waals surface area contributed by atoms with Crippen molar-refractivity contribution in [2.24, 2.45) is 10.7 Å². The van der Waals surface area contributed by atoms with E-state index in [9.17, 15) is 4.91 Å². The van der Waals surface area contributed by atoms with Crippen LogP contribution in [0, 0.1) is 4.91 Å². The van der Waals surface area contributed by atoms with E-state index in [4.69, 9.17) is 20.4 Å². The number of aliphatic imine (C=N–C) groups is 1. The van der Waals surface area contributed by atoms with Crippen molar-refractivity contribution in [3.05, 3.63) is 28.7 Å². The monoisotopic (exact) mass is 239 g/mol. The molecule has 1 aromatic rings. The Balaban J connectivity index is 2.02. The van der Waals surface area contributed by atoms with E-state index in [1.165, 1.54) is 0 Å². The Kier molecular flexibility index (Phi) is 2.95. The molecule has 8 heteroatoms. The maximum absolute atomic E-state index is 10.2. The van der Waals surface area contributed by atoms with E-state index in [2.05, 4.69) is 4.99 Å². The molecule has 4 N–H and O–H groups in total. The molecule has 1 aliphatic rings. The SMILES string of the molecule is NC(=NCc1ccc2c(c1)OCO2)N[N+](=O)O. The van der Waals surface area contributed by atoms with Crippen LogP contribution in [0.5, 0.6) is 11.5 Å². The minimum absolute atomic E-state index is 0.180. The van der Waals surface area contributed by atoms with Gasteiger partial charge in [0.15, 0.2) is 11.5 Å². The smallest absolute Gasteiger partial charge is 0.362 e. The summed E-state index contributed by atoms with van der Waals surface area (Å²) in [5.41, 5.74) is 8.03. The summed E-state index contributed by atoms with van der Waals surface area (Å²) in [4.78, 5) is 14.0. The highest BCUT2D eigenvalue weighted by molar-refractivity contribution is 5.76. The van der Waals surface area contributed by atoms with E-state index in [1.807, 2.05) is 5.43 Å². The number of nitrogens with two attached hydrogens (primary N) is 1. The van der Waals surface area contributed by atoms with Gasteiger partial charge in [-0.25, -0.2) is 10.2 Å². The van der Waals surface area contributed by atoms with E-state index in [-0.39, 0.29) is 19.3 Å². The Labute approximate surface area is 96.2 Å². The molecule has 0 atom stereocenters. The second kappa shape index (κ2) is 4.56. The number of hydrogen-bond donors (Lipinski definition) is 3. The van der Waals surface area contributed by atoms with E-state index < -0.39 is 5.03 Å².